The molecular formula is C14H12BrF2NO. The molecule has 0 atom stereocenters. The van der Waals surface area contributed by atoms with E-state index in [0.29, 0.717) is 21.3 Å². The molecule has 2 N–H and O–H groups in total. The predicted molar refractivity (Wildman–Crippen MR) is 72.7 cm³/mol. The highest BCUT2D eigenvalue weighted by molar-refractivity contribution is 9.10. The van der Waals surface area contributed by atoms with Crippen molar-refractivity contribution in [1.29, 1.82) is 0 Å². The van der Waals surface area contributed by atoms with Crippen molar-refractivity contribution in [3.63, 3.8) is 0 Å². The van der Waals surface area contributed by atoms with Gasteiger partial charge in [-0.05, 0) is 29.8 Å². The second-order valence-corrected chi connectivity index (χ2v) is 4.94. The summed E-state index contributed by atoms with van der Waals surface area (Å²) in [6.45, 7) is 0.257. The summed E-state index contributed by atoms with van der Waals surface area (Å²) in [6.07, 6.45) is 0. The molecule has 2 rings (SSSR count). The van der Waals surface area contributed by atoms with Gasteiger partial charge in [-0.15, -0.1) is 0 Å². The molecule has 0 fully saturated rings. The lowest BCUT2D eigenvalue weighted by atomic mass is 10.2. The summed E-state index contributed by atoms with van der Waals surface area (Å²) in [5.74, 6) is -0.457. The van der Waals surface area contributed by atoms with Crippen molar-refractivity contribution in [2.24, 2.45) is 5.73 Å². The van der Waals surface area contributed by atoms with E-state index in [1.54, 1.807) is 18.2 Å². The number of halogens is 3. The molecule has 0 aliphatic rings. The monoisotopic (exact) mass is 327 g/mol. The van der Waals surface area contributed by atoms with Crippen LogP contribution in [0.5, 0.6) is 5.75 Å². The molecule has 0 saturated carbocycles. The van der Waals surface area contributed by atoms with E-state index in [2.05, 4.69) is 15.9 Å². The van der Waals surface area contributed by atoms with Crippen LogP contribution in [0.25, 0.3) is 0 Å². The van der Waals surface area contributed by atoms with Gasteiger partial charge in [0.15, 0.2) is 0 Å². The molecule has 0 aliphatic heterocycles. The van der Waals surface area contributed by atoms with Crippen LogP contribution in [0.1, 0.15) is 11.1 Å². The van der Waals surface area contributed by atoms with Gasteiger partial charge in [0.05, 0.1) is 0 Å². The smallest absolute Gasteiger partial charge is 0.130 e. The van der Waals surface area contributed by atoms with E-state index >= 15 is 0 Å². The lowest BCUT2D eigenvalue weighted by Crippen LogP contribution is -2.01. The third-order valence-electron chi connectivity index (χ3n) is 2.58. The van der Waals surface area contributed by atoms with Crippen LogP contribution in [0.4, 0.5) is 8.78 Å². The first-order valence-electron chi connectivity index (χ1n) is 5.65. The Morgan fingerprint density at radius 3 is 2.58 bits per heavy atom. The summed E-state index contributed by atoms with van der Waals surface area (Å²) >= 11 is 3.18. The maximum absolute atomic E-state index is 13.6. The third kappa shape index (κ3) is 3.75. The standard InChI is InChI=1S/C14H12BrF2NO/c15-11-2-1-10(14(17)5-11)8-19-13-4-9(7-18)3-12(16)6-13/h1-6H,7-8,18H2. The average molecular weight is 328 g/mol. The maximum Gasteiger partial charge on any atom is 0.130 e. The van der Waals surface area contributed by atoms with Gasteiger partial charge in [0.1, 0.15) is 24.0 Å². The Hall–Kier alpha value is -1.46. The second-order valence-electron chi connectivity index (χ2n) is 4.02. The molecule has 100 valence electrons. The van der Waals surface area contributed by atoms with E-state index in [1.807, 2.05) is 0 Å². The minimum atomic E-state index is -0.422. The average Bonchev–Trinajstić information content (AvgIpc) is 2.37. The number of ether oxygens (including phenoxy) is 1. The number of rotatable bonds is 4. The molecule has 2 aromatic carbocycles. The predicted octanol–water partition coefficient (Wildman–Crippen LogP) is 3.77. The van der Waals surface area contributed by atoms with E-state index in [0.717, 1.165) is 0 Å². The zero-order valence-corrected chi connectivity index (χ0v) is 11.6. The highest BCUT2D eigenvalue weighted by Crippen LogP contribution is 2.20. The van der Waals surface area contributed by atoms with Gasteiger partial charge in [-0.3, -0.25) is 0 Å². The zero-order chi connectivity index (χ0) is 13.8. The first-order valence-corrected chi connectivity index (χ1v) is 6.44. The molecule has 0 aromatic heterocycles. The Bertz CT molecular complexity index is 590. The van der Waals surface area contributed by atoms with Crippen LogP contribution in [0.3, 0.4) is 0 Å². The molecule has 0 spiro atoms. The molecule has 0 bridgehead atoms. The van der Waals surface area contributed by atoms with E-state index in [-0.39, 0.29) is 19.0 Å². The zero-order valence-electron chi connectivity index (χ0n) is 10.00. The molecule has 0 unspecified atom stereocenters. The number of hydrogen-bond acceptors (Lipinski definition) is 2. The van der Waals surface area contributed by atoms with Gasteiger partial charge in [-0.2, -0.15) is 0 Å². The summed E-state index contributed by atoms with van der Waals surface area (Å²) in [5.41, 5.74) is 6.48. The topological polar surface area (TPSA) is 35.2 Å². The molecule has 5 heteroatoms. The number of hydrogen-bond donors (Lipinski definition) is 1. The normalized spacial score (nSPS) is 10.5. The molecular weight excluding hydrogens is 316 g/mol. The van der Waals surface area contributed by atoms with Crippen LogP contribution in [-0.4, -0.2) is 0 Å². The molecule has 0 amide bonds. The minimum absolute atomic E-state index is 0.0343. The molecule has 0 saturated heterocycles. The Morgan fingerprint density at radius 1 is 1.11 bits per heavy atom. The van der Waals surface area contributed by atoms with Gasteiger partial charge in [0, 0.05) is 22.6 Å². The molecule has 0 radical (unpaired) electrons. The van der Waals surface area contributed by atoms with Gasteiger partial charge in [0.2, 0.25) is 0 Å². The van der Waals surface area contributed by atoms with E-state index < -0.39 is 5.82 Å². The molecule has 0 aliphatic carbocycles. The SMILES string of the molecule is NCc1cc(F)cc(OCc2ccc(Br)cc2F)c1. The first-order chi connectivity index (χ1) is 9.08. The Kier molecular flexibility index (Phi) is 4.50. The Morgan fingerprint density at radius 2 is 1.89 bits per heavy atom. The lowest BCUT2D eigenvalue weighted by molar-refractivity contribution is 0.298. The van der Waals surface area contributed by atoms with Crippen molar-refractivity contribution in [2.75, 3.05) is 0 Å². The van der Waals surface area contributed by atoms with Crippen LogP contribution >= 0.6 is 15.9 Å². The van der Waals surface area contributed by atoms with Crippen molar-refractivity contribution < 1.29 is 13.5 Å². The van der Waals surface area contributed by atoms with Crippen molar-refractivity contribution in [3.05, 3.63) is 63.6 Å². The molecule has 0 heterocycles. The van der Waals surface area contributed by atoms with Gasteiger partial charge in [-0.25, -0.2) is 8.78 Å². The molecule has 2 aromatic rings. The van der Waals surface area contributed by atoms with E-state index in [4.69, 9.17) is 10.5 Å². The largest absolute Gasteiger partial charge is 0.489 e. The summed E-state index contributed by atoms with van der Waals surface area (Å²) in [5, 5.41) is 0. The van der Waals surface area contributed by atoms with Crippen LogP contribution in [0.15, 0.2) is 40.9 Å². The quantitative estimate of drug-likeness (QED) is 0.927. The highest BCUT2D eigenvalue weighted by Gasteiger charge is 2.05. The third-order valence-corrected chi connectivity index (χ3v) is 3.07. The van der Waals surface area contributed by atoms with Gasteiger partial charge < -0.3 is 10.5 Å². The Labute approximate surface area is 118 Å². The summed E-state index contributed by atoms with van der Waals surface area (Å²) in [4.78, 5) is 0. The fraction of sp³-hybridized carbons (Fsp3) is 0.143. The highest BCUT2D eigenvalue weighted by atomic mass is 79.9. The van der Waals surface area contributed by atoms with E-state index in [1.165, 1.54) is 18.2 Å². The fourth-order valence-corrected chi connectivity index (χ4v) is 1.95. The summed E-state index contributed by atoms with van der Waals surface area (Å²) < 4.78 is 32.9. The van der Waals surface area contributed by atoms with Gasteiger partial charge >= 0.3 is 0 Å². The fourth-order valence-electron chi connectivity index (χ4n) is 1.62. The van der Waals surface area contributed by atoms with Crippen LogP contribution < -0.4 is 10.5 Å². The van der Waals surface area contributed by atoms with Crippen molar-refractivity contribution in [1.82, 2.24) is 0 Å². The summed E-state index contributed by atoms with van der Waals surface area (Å²) in [7, 11) is 0. The molecule has 19 heavy (non-hydrogen) atoms. The molecule has 2 nitrogen and oxygen atoms in total. The second kappa shape index (κ2) is 6.12. The van der Waals surface area contributed by atoms with Crippen molar-refractivity contribution in [2.45, 2.75) is 13.2 Å². The van der Waals surface area contributed by atoms with Gasteiger partial charge in [0.25, 0.3) is 0 Å². The van der Waals surface area contributed by atoms with Crippen LogP contribution in [0.2, 0.25) is 0 Å². The van der Waals surface area contributed by atoms with Crippen molar-refractivity contribution in [3.8, 4) is 5.75 Å². The number of benzene rings is 2. The van der Waals surface area contributed by atoms with Crippen molar-refractivity contribution >= 4 is 15.9 Å². The number of nitrogens with two attached hydrogens (primary N) is 1. The van der Waals surface area contributed by atoms with E-state index in [9.17, 15) is 8.78 Å². The van der Waals surface area contributed by atoms with Gasteiger partial charge in [-0.1, -0.05) is 22.0 Å². The minimum Gasteiger partial charge on any atom is -0.489 e. The lowest BCUT2D eigenvalue weighted by Gasteiger charge is -2.09. The maximum atomic E-state index is 13.6. The van der Waals surface area contributed by atoms with Crippen LogP contribution in [0, 0.1) is 11.6 Å². The summed E-state index contributed by atoms with van der Waals surface area (Å²) in [6, 6.07) is 8.92. The van der Waals surface area contributed by atoms with Crippen LogP contribution in [-0.2, 0) is 13.2 Å². The first kappa shape index (κ1) is 14.0. The Balaban J connectivity index is 2.12.